The summed E-state index contributed by atoms with van der Waals surface area (Å²) < 4.78 is 0. The Kier molecular flexibility index (Phi) is 2.09. The second-order valence-corrected chi connectivity index (χ2v) is 5.34. The summed E-state index contributed by atoms with van der Waals surface area (Å²) in [4.78, 5) is 0. The summed E-state index contributed by atoms with van der Waals surface area (Å²) in [7, 11) is 0. The van der Waals surface area contributed by atoms with Gasteiger partial charge in [-0.3, -0.25) is 0 Å². The molecule has 0 aromatic heterocycles. The van der Waals surface area contributed by atoms with E-state index in [-0.39, 0.29) is 5.66 Å². The van der Waals surface area contributed by atoms with E-state index in [1.165, 1.54) is 22.5 Å². The van der Waals surface area contributed by atoms with E-state index in [1.807, 2.05) is 6.08 Å². The molecule has 1 atom stereocenters. The number of allylic oxidation sites excluding steroid dienone is 2. The van der Waals surface area contributed by atoms with Gasteiger partial charge in [-0.05, 0) is 31.9 Å². The van der Waals surface area contributed by atoms with Crippen LogP contribution in [-0.4, -0.2) is 5.66 Å². The average molecular weight is 226 g/mol. The predicted molar refractivity (Wildman–Crippen MR) is 72.8 cm³/mol. The summed E-state index contributed by atoms with van der Waals surface area (Å²) in [6.07, 6.45) is 5.38. The first-order valence-electron chi connectivity index (χ1n) is 6.13. The van der Waals surface area contributed by atoms with Crippen LogP contribution in [0.1, 0.15) is 37.3 Å². The van der Waals surface area contributed by atoms with Gasteiger partial charge in [-0.15, -0.1) is 6.58 Å². The molecule has 2 aliphatic rings. The molecule has 0 radical (unpaired) electrons. The molecule has 1 aromatic rings. The zero-order valence-electron chi connectivity index (χ0n) is 10.4. The van der Waals surface area contributed by atoms with Gasteiger partial charge in [0.15, 0.2) is 0 Å². The number of benzene rings is 1. The molecule has 1 aliphatic heterocycles. The number of anilines is 1. The lowest BCUT2D eigenvalue weighted by Gasteiger charge is -2.40. The number of rotatable bonds is 1. The fraction of sp³-hybridized carbons (Fsp3) is 0.333. The average Bonchev–Trinajstić information content (AvgIpc) is 2.28. The van der Waals surface area contributed by atoms with E-state index in [9.17, 15) is 0 Å². The minimum absolute atomic E-state index is 0.0848. The molecule has 0 spiro atoms. The third kappa shape index (κ3) is 1.55. The highest BCUT2D eigenvalue weighted by Gasteiger charge is 2.31. The molecule has 1 heterocycles. The summed E-state index contributed by atoms with van der Waals surface area (Å²) in [5.74, 6) is 0.443. The van der Waals surface area contributed by atoms with Crippen LogP contribution < -0.4 is 10.6 Å². The highest BCUT2D eigenvalue weighted by atomic mass is 15.2. The summed E-state index contributed by atoms with van der Waals surface area (Å²) >= 11 is 0. The molecular weight excluding hydrogens is 208 g/mol. The van der Waals surface area contributed by atoms with E-state index in [0.717, 1.165) is 6.42 Å². The largest absolute Gasteiger partial charge is 0.363 e. The lowest BCUT2D eigenvalue weighted by atomic mass is 9.83. The predicted octanol–water partition coefficient (Wildman–Crippen LogP) is 3.45. The van der Waals surface area contributed by atoms with Gasteiger partial charge >= 0.3 is 0 Å². The van der Waals surface area contributed by atoms with Crippen LogP contribution >= 0.6 is 0 Å². The van der Waals surface area contributed by atoms with E-state index < -0.39 is 0 Å². The highest BCUT2D eigenvalue weighted by molar-refractivity contribution is 5.83. The van der Waals surface area contributed by atoms with E-state index in [4.69, 9.17) is 0 Å². The van der Waals surface area contributed by atoms with Gasteiger partial charge in [0, 0.05) is 22.9 Å². The van der Waals surface area contributed by atoms with Crippen LogP contribution in [0.3, 0.4) is 0 Å². The van der Waals surface area contributed by atoms with Crippen LogP contribution in [0.15, 0.2) is 36.9 Å². The van der Waals surface area contributed by atoms with E-state index in [1.54, 1.807) is 0 Å². The van der Waals surface area contributed by atoms with Crippen molar-refractivity contribution in [3.05, 3.63) is 48.1 Å². The topological polar surface area (TPSA) is 24.1 Å². The normalized spacial score (nSPS) is 23.9. The summed E-state index contributed by atoms with van der Waals surface area (Å²) in [6, 6.07) is 6.49. The van der Waals surface area contributed by atoms with E-state index in [0.29, 0.717) is 5.92 Å². The van der Waals surface area contributed by atoms with Crippen molar-refractivity contribution in [3.8, 4) is 0 Å². The molecule has 0 saturated carbocycles. The van der Waals surface area contributed by atoms with Crippen molar-refractivity contribution >= 4 is 11.4 Å². The summed E-state index contributed by atoms with van der Waals surface area (Å²) in [5, 5.41) is 7.08. The lowest BCUT2D eigenvalue weighted by Crippen LogP contribution is -2.49. The van der Waals surface area contributed by atoms with Gasteiger partial charge in [-0.2, -0.15) is 0 Å². The van der Waals surface area contributed by atoms with Crippen LogP contribution in [0.5, 0.6) is 0 Å². The van der Waals surface area contributed by atoms with Crippen LogP contribution in [-0.2, 0) is 0 Å². The van der Waals surface area contributed by atoms with Crippen LogP contribution in [0, 0.1) is 0 Å². The van der Waals surface area contributed by atoms with E-state index >= 15 is 0 Å². The van der Waals surface area contributed by atoms with Crippen molar-refractivity contribution < 1.29 is 0 Å². The minimum atomic E-state index is -0.0848. The maximum absolute atomic E-state index is 3.94. The standard InChI is InChI=1S/C15H18N2/c1-4-10-8-9-13-14-11(10)6-5-7-12(14)16-15(2,3)17-13/h4-7,9-10,16-17H,1,8H2,2-3H3. The number of nitrogens with one attached hydrogen (secondary N) is 2. The molecule has 2 N–H and O–H groups in total. The highest BCUT2D eigenvalue weighted by Crippen LogP contribution is 2.41. The van der Waals surface area contributed by atoms with Crippen molar-refractivity contribution in [1.29, 1.82) is 0 Å². The molecule has 2 nitrogen and oxygen atoms in total. The molecule has 0 amide bonds. The minimum Gasteiger partial charge on any atom is -0.363 e. The Morgan fingerprint density at radius 3 is 2.94 bits per heavy atom. The Morgan fingerprint density at radius 1 is 1.35 bits per heavy atom. The second kappa shape index (κ2) is 3.39. The SMILES string of the molecule is C=CC1CC=C2NC(C)(C)Nc3cccc1c32. The fourth-order valence-electron chi connectivity index (χ4n) is 2.80. The maximum atomic E-state index is 3.94. The Morgan fingerprint density at radius 2 is 2.18 bits per heavy atom. The molecule has 1 unspecified atom stereocenters. The molecule has 1 aromatic carbocycles. The first kappa shape index (κ1) is 10.5. The number of hydrogen-bond acceptors (Lipinski definition) is 2. The van der Waals surface area contributed by atoms with Crippen LogP contribution in [0.25, 0.3) is 5.70 Å². The van der Waals surface area contributed by atoms with Crippen LogP contribution in [0.2, 0.25) is 0 Å². The summed E-state index contributed by atoms with van der Waals surface area (Å²) in [6.45, 7) is 8.25. The van der Waals surface area contributed by atoms with Crippen molar-refractivity contribution in [1.82, 2.24) is 5.32 Å². The molecule has 88 valence electrons. The second-order valence-electron chi connectivity index (χ2n) is 5.34. The molecule has 2 heteroatoms. The van der Waals surface area contributed by atoms with Gasteiger partial charge in [0.1, 0.15) is 5.66 Å². The third-order valence-electron chi connectivity index (χ3n) is 3.52. The maximum Gasteiger partial charge on any atom is 0.102 e. The van der Waals surface area contributed by atoms with Gasteiger partial charge in [0.05, 0.1) is 0 Å². The Labute approximate surface area is 102 Å². The lowest BCUT2D eigenvalue weighted by molar-refractivity contribution is 0.505. The smallest absolute Gasteiger partial charge is 0.102 e. The third-order valence-corrected chi connectivity index (χ3v) is 3.52. The number of hydrogen-bond donors (Lipinski definition) is 2. The summed E-state index contributed by atoms with van der Waals surface area (Å²) in [5.41, 5.74) is 5.10. The zero-order chi connectivity index (χ0) is 12.0. The fourth-order valence-corrected chi connectivity index (χ4v) is 2.80. The van der Waals surface area contributed by atoms with Gasteiger partial charge in [-0.25, -0.2) is 0 Å². The molecule has 3 rings (SSSR count). The van der Waals surface area contributed by atoms with Gasteiger partial charge in [0.25, 0.3) is 0 Å². The van der Waals surface area contributed by atoms with Crippen molar-refractivity contribution in [2.24, 2.45) is 0 Å². The Hall–Kier alpha value is -1.70. The first-order valence-corrected chi connectivity index (χ1v) is 6.13. The van der Waals surface area contributed by atoms with Crippen molar-refractivity contribution in [2.75, 3.05) is 5.32 Å². The molecule has 1 aliphatic carbocycles. The van der Waals surface area contributed by atoms with Gasteiger partial charge in [0.2, 0.25) is 0 Å². The molecule has 0 bridgehead atoms. The quantitative estimate of drug-likeness (QED) is 0.717. The zero-order valence-corrected chi connectivity index (χ0v) is 10.4. The Bertz CT molecular complexity index is 512. The monoisotopic (exact) mass is 226 g/mol. The van der Waals surface area contributed by atoms with Gasteiger partial charge in [-0.1, -0.05) is 24.3 Å². The molecular formula is C15H18N2. The first-order chi connectivity index (χ1) is 8.11. The van der Waals surface area contributed by atoms with Crippen molar-refractivity contribution in [2.45, 2.75) is 31.8 Å². The molecule has 0 saturated heterocycles. The molecule has 0 fully saturated rings. The van der Waals surface area contributed by atoms with Gasteiger partial charge < -0.3 is 10.6 Å². The Balaban J connectivity index is 2.20. The van der Waals surface area contributed by atoms with Crippen molar-refractivity contribution in [3.63, 3.8) is 0 Å². The molecule has 17 heavy (non-hydrogen) atoms. The van der Waals surface area contributed by atoms with E-state index in [2.05, 4.69) is 55.3 Å². The van der Waals surface area contributed by atoms with Crippen LogP contribution in [0.4, 0.5) is 5.69 Å².